The van der Waals surface area contributed by atoms with Crippen molar-refractivity contribution in [3.05, 3.63) is 61.2 Å². The summed E-state index contributed by atoms with van der Waals surface area (Å²) in [6.07, 6.45) is 5.31. The van der Waals surface area contributed by atoms with Gasteiger partial charge in [-0.25, -0.2) is 0 Å². The van der Waals surface area contributed by atoms with Gasteiger partial charge in [-0.1, -0.05) is 45.7 Å². The largest absolute Gasteiger partial charge is 0.455 e. The summed E-state index contributed by atoms with van der Waals surface area (Å²) in [6.45, 7) is 12.4. The molecule has 4 heteroatoms. The Morgan fingerprint density at radius 2 is 1.48 bits per heavy atom. The van der Waals surface area contributed by atoms with E-state index in [0.29, 0.717) is 5.92 Å². The predicted octanol–water partition coefficient (Wildman–Crippen LogP) is 6.80. The average molecular weight is 400 g/mol. The molecule has 0 aliphatic heterocycles. The maximum atomic E-state index is 6.00. The molecule has 0 amide bonds. The molecule has 1 fully saturated rings. The zero-order valence-corrected chi connectivity index (χ0v) is 19.0. The molecule has 1 aliphatic carbocycles. The molecule has 0 heterocycles. The number of nitrogens with two attached hydrogens (primary N) is 2. The van der Waals surface area contributed by atoms with Crippen LogP contribution in [-0.4, -0.2) is 14.1 Å². The molecule has 0 spiro atoms. The lowest BCUT2D eigenvalue weighted by Crippen LogP contribution is -2.10. The van der Waals surface area contributed by atoms with Gasteiger partial charge >= 0.3 is 0 Å². The summed E-state index contributed by atoms with van der Waals surface area (Å²) in [6, 6.07) is 14.2. The van der Waals surface area contributed by atoms with Crippen LogP contribution in [0.4, 0.5) is 11.4 Å². The molecular formula is C25H41N3O. The summed E-state index contributed by atoms with van der Waals surface area (Å²) in [7, 11) is 3.37. The molecule has 162 valence electrons. The number of hydrogen-bond acceptors (Lipinski definition) is 4. The quantitative estimate of drug-likeness (QED) is 0.390. The number of hydrogen-bond donors (Lipinski definition) is 3. The van der Waals surface area contributed by atoms with E-state index in [2.05, 4.69) is 55.4 Å². The van der Waals surface area contributed by atoms with Crippen LogP contribution in [0.25, 0.3) is 0 Å². The summed E-state index contributed by atoms with van der Waals surface area (Å²) in [5.74, 6) is 3.25. The van der Waals surface area contributed by atoms with Gasteiger partial charge in [0, 0.05) is 12.7 Å². The van der Waals surface area contributed by atoms with E-state index in [1.165, 1.54) is 38.3 Å². The highest BCUT2D eigenvalue weighted by Crippen LogP contribution is 2.37. The first-order valence-electron chi connectivity index (χ1n) is 10.6. The van der Waals surface area contributed by atoms with Gasteiger partial charge in [0.05, 0.1) is 5.69 Å². The summed E-state index contributed by atoms with van der Waals surface area (Å²) in [4.78, 5) is 0. The number of anilines is 2. The summed E-state index contributed by atoms with van der Waals surface area (Å²) >= 11 is 0. The van der Waals surface area contributed by atoms with Gasteiger partial charge in [-0.3, -0.25) is 0 Å². The van der Waals surface area contributed by atoms with E-state index in [0.717, 1.165) is 28.8 Å². The van der Waals surface area contributed by atoms with E-state index in [-0.39, 0.29) is 0 Å². The van der Waals surface area contributed by atoms with Crippen molar-refractivity contribution >= 4 is 11.4 Å². The molecule has 3 rings (SSSR count). The molecule has 2 aromatic carbocycles. The standard InChI is InChI=1S/C20H26N2O.C2H6.C2H4.CH5N/c1-14-3-5-15(6-4-14)16-7-10-18(11-8-16)23-20-12-9-17(21)13-19(20)22-2;3*1-2/h7-15,22H,3-6,21H2,1-2H3;1-2H3;1-2H2;2H2,1H3. The van der Waals surface area contributed by atoms with E-state index >= 15 is 0 Å². The molecule has 0 radical (unpaired) electrons. The third-order valence-electron chi connectivity index (χ3n) is 4.87. The predicted molar refractivity (Wildman–Crippen MR) is 130 cm³/mol. The second-order valence-corrected chi connectivity index (χ2v) is 6.63. The van der Waals surface area contributed by atoms with Crippen LogP contribution >= 0.6 is 0 Å². The van der Waals surface area contributed by atoms with Crippen molar-refractivity contribution in [1.82, 2.24) is 0 Å². The molecule has 2 aromatic rings. The van der Waals surface area contributed by atoms with Gasteiger partial charge in [0.2, 0.25) is 0 Å². The molecule has 1 aliphatic rings. The summed E-state index contributed by atoms with van der Waals surface area (Å²) in [5.41, 5.74) is 13.4. The minimum atomic E-state index is 0.713. The fraction of sp³-hybridized carbons (Fsp3) is 0.440. The Kier molecular flexibility index (Phi) is 14.1. The van der Waals surface area contributed by atoms with Crippen LogP contribution in [-0.2, 0) is 0 Å². The zero-order valence-electron chi connectivity index (χ0n) is 19.0. The maximum absolute atomic E-state index is 6.00. The van der Waals surface area contributed by atoms with Gasteiger partial charge in [-0.15, -0.1) is 13.2 Å². The van der Waals surface area contributed by atoms with Crippen molar-refractivity contribution in [2.45, 2.75) is 52.4 Å². The zero-order chi connectivity index (χ0) is 22.2. The van der Waals surface area contributed by atoms with Crippen LogP contribution in [0.1, 0.15) is 57.9 Å². The molecule has 0 saturated heterocycles. The topological polar surface area (TPSA) is 73.3 Å². The molecule has 5 N–H and O–H groups in total. The van der Waals surface area contributed by atoms with Crippen LogP contribution in [0.3, 0.4) is 0 Å². The van der Waals surface area contributed by atoms with Crippen LogP contribution < -0.4 is 21.5 Å². The Labute approximate surface area is 178 Å². The highest BCUT2D eigenvalue weighted by Gasteiger charge is 2.19. The minimum Gasteiger partial charge on any atom is -0.455 e. The van der Waals surface area contributed by atoms with Gasteiger partial charge in [0.25, 0.3) is 0 Å². The first kappa shape index (κ1) is 26.5. The van der Waals surface area contributed by atoms with Crippen LogP contribution in [0.2, 0.25) is 0 Å². The van der Waals surface area contributed by atoms with Crippen molar-refractivity contribution in [3.8, 4) is 11.5 Å². The number of benzene rings is 2. The average Bonchev–Trinajstić information content (AvgIpc) is 2.80. The Bertz CT molecular complexity index is 662. The van der Waals surface area contributed by atoms with Gasteiger partial charge in [0.1, 0.15) is 5.75 Å². The Hall–Kier alpha value is -2.46. The second kappa shape index (κ2) is 15.5. The molecule has 1 saturated carbocycles. The Balaban J connectivity index is 0.00000120. The third-order valence-corrected chi connectivity index (χ3v) is 4.87. The highest BCUT2D eigenvalue weighted by atomic mass is 16.5. The lowest BCUT2D eigenvalue weighted by Gasteiger charge is -2.26. The van der Waals surface area contributed by atoms with Gasteiger partial charge in [0.15, 0.2) is 5.75 Å². The number of nitrogen functional groups attached to an aromatic ring is 1. The van der Waals surface area contributed by atoms with E-state index in [1.54, 1.807) is 0 Å². The van der Waals surface area contributed by atoms with Gasteiger partial charge in [-0.05, 0) is 67.6 Å². The first-order valence-corrected chi connectivity index (χ1v) is 10.6. The first-order chi connectivity index (χ1) is 14.2. The fourth-order valence-corrected chi connectivity index (χ4v) is 3.36. The second-order valence-electron chi connectivity index (χ2n) is 6.63. The van der Waals surface area contributed by atoms with Crippen LogP contribution in [0, 0.1) is 5.92 Å². The Morgan fingerprint density at radius 1 is 0.931 bits per heavy atom. The number of rotatable bonds is 4. The van der Waals surface area contributed by atoms with Crippen LogP contribution in [0.15, 0.2) is 55.6 Å². The van der Waals surface area contributed by atoms with Crippen molar-refractivity contribution in [3.63, 3.8) is 0 Å². The van der Waals surface area contributed by atoms with Crippen LogP contribution in [0.5, 0.6) is 11.5 Å². The van der Waals surface area contributed by atoms with Crippen molar-refractivity contribution in [1.29, 1.82) is 0 Å². The molecule has 0 aromatic heterocycles. The molecule has 29 heavy (non-hydrogen) atoms. The van der Waals surface area contributed by atoms with Crippen molar-refractivity contribution < 1.29 is 4.74 Å². The fourth-order valence-electron chi connectivity index (χ4n) is 3.36. The normalized spacial score (nSPS) is 17.2. The van der Waals surface area contributed by atoms with Crippen molar-refractivity contribution in [2.75, 3.05) is 25.1 Å². The third kappa shape index (κ3) is 8.61. The molecule has 0 bridgehead atoms. The maximum Gasteiger partial charge on any atom is 0.150 e. The smallest absolute Gasteiger partial charge is 0.150 e. The lowest BCUT2D eigenvalue weighted by atomic mass is 9.79. The molecule has 4 nitrogen and oxygen atoms in total. The molecular weight excluding hydrogens is 358 g/mol. The monoisotopic (exact) mass is 399 g/mol. The SMILES string of the molecule is C=C.CC.CN.CNc1cc(N)ccc1Oc1ccc(C2CCC(C)CC2)cc1. The van der Waals surface area contributed by atoms with Gasteiger partial charge < -0.3 is 21.5 Å². The lowest BCUT2D eigenvalue weighted by molar-refractivity contribution is 0.348. The van der Waals surface area contributed by atoms with E-state index < -0.39 is 0 Å². The highest BCUT2D eigenvalue weighted by molar-refractivity contribution is 5.64. The summed E-state index contributed by atoms with van der Waals surface area (Å²) < 4.78 is 6.00. The number of ether oxygens (including phenoxy) is 1. The van der Waals surface area contributed by atoms with Crippen molar-refractivity contribution in [2.24, 2.45) is 11.7 Å². The molecule has 0 atom stereocenters. The Morgan fingerprint density at radius 3 is 2.00 bits per heavy atom. The van der Waals surface area contributed by atoms with E-state index in [4.69, 9.17) is 10.5 Å². The summed E-state index contributed by atoms with van der Waals surface area (Å²) in [5, 5.41) is 3.12. The molecule has 0 unspecified atom stereocenters. The number of nitrogens with one attached hydrogen (secondary N) is 1. The van der Waals surface area contributed by atoms with E-state index in [9.17, 15) is 0 Å². The minimum absolute atomic E-state index is 0.713. The van der Waals surface area contributed by atoms with Gasteiger partial charge in [-0.2, -0.15) is 0 Å². The van der Waals surface area contributed by atoms with E-state index in [1.807, 2.05) is 39.1 Å².